The molecule has 0 amide bonds. The largest absolute Gasteiger partial charge is 0.481 e. The molecule has 0 aliphatic rings. The van der Waals surface area contributed by atoms with Crippen molar-refractivity contribution in [2.45, 2.75) is 18.0 Å². The van der Waals surface area contributed by atoms with Crippen LogP contribution in [0, 0.1) is 18.8 Å². The van der Waals surface area contributed by atoms with E-state index < -0.39 is 21.8 Å². The Labute approximate surface area is 160 Å². The van der Waals surface area contributed by atoms with Gasteiger partial charge in [0.05, 0.1) is 17.0 Å². The molecule has 0 unspecified atom stereocenters. The molecule has 0 heterocycles. The van der Waals surface area contributed by atoms with Crippen molar-refractivity contribution >= 4 is 21.6 Å². The molecular formula is C18H15ClF3NO3S. The Hall–Kier alpha value is -2.21. The van der Waals surface area contributed by atoms with E-state index >= 15 is 0 Å². The number of rotatable bonds is 5. The van der Waals surface area contributed by atoms with Crippen molar-refractivity contribution in [3.8, 4) is 17.6 Å². The molecule has 0 atom stereocenters. The molecule has 2 aromatic rings. The van der Waals surface area contributed by atoms with E-state index in [4.69, 9.17) is 16.3 Å². The summed E-state index contributed by atoms with van der Waals surface area (Å²) in [4.78, 5) is 0.0528. The van der Waals surface area contributed by atoms with Crippen LogP contribution in [-0.2, 0) is 16.2 Å². The molecule has 0 aliphatic carbocycles. The van der Waals surface area contributed by atoms with Crippen LogP contribution in [0.3, 0.4) is 0 Å². The Morgan fingerprint density at radius 3 is 2.56 bits per heavy atom. The predicted molar refractivity (Wildman–Crippen MR) is 96.1 cm³/mol. The van der Waals surface area contributed by atoms with Crippen molar-refractivity contribution in [3.63, 3.8) is 0 Å². The summed E-state index contributed by atoms with van der Waals surface area (Å²) in [7, 11) is -3.78. The number of alkyl halides is 3. The molecule has 2 rings (SSSR count). The van der Waals surface area contributed by atoms with Crippen LogP contribution in [-0.4, -0.2) is 21.6 Å². The quantitative estimate of drug-likeness (QED) is 0.747. The van der Waals surface area contributed by atoms with Gasteiger partial charge < -0.3 is 4.74 Å². The Bertz CT molecular complexity index is 979. The van der Waals surface area contributed by atoms with Crippen LogP contribution in [0.25, 0.3) is 0 Å². The van der Waals surface area contributed by atoms with Crippen LogP contribution < -0.4 is 9.46 Å². The highest BCUT2D eigenvalue weighted by molar-refractivity contribution is 7.89. The zero-order chi connectivity index (χ0) is 20.1. The fraction of sp³-hybridized carbons (Fsp3) is 0.222. The van der Waals surface area contributed by atoms with E-state index in [-0.39, 0.29) is 23.8 Å². The summed E-state index contributed by atoms with van der Waals surface area (Å²) in [5.74, 6) is 5.10. The predicted octanol–water partition coefficient (Wildman–Crippen LogP) is 4.03. The maximum absolute atomic E-state index is 12.6. The van der Waals surface area contributed by atoms with Gasteiger partial charge in [0.1, 0.15) is 12.4 Å². The summed E-state index contributed by atoms with van der Waals surface area (Å²) in [6, 6.07) is 8.94. The van der Waals surface area contributed by atoms with E-state index in [2.05, 4.69) is 16.6 Å². The molecule has 0 aliphatic heterocycles. The van der Waals surface area contributed by atoms with E-state index in [0.29, 0.717) is 10.6 Å². The molecule has 0 fully saturated rings. The van der Waals surface area contributed by atoms with Gasteiger partial charge >= 0.3 is 6.18 Å². The lowest BCUT2D eigenvalue weighted by molar-refractivity contribution is -0.137. The molecule has 9 heteroatoms. The number of ether oxygens (including phenoxy) is 1. The first-order valence-electron chi connectivity index (χ1n) is 7.62. The zero-order valence-electron chi connectivity index (χ0n) is 14.1. The number of benzene rings is 2. The van der Waals surface area contributed by atoms with Crippen molar-refractivity contribution in [1.82, 2.24) is 4.72 Å². The van der Waals surface area contributed by atoms with E-state index in [0.717, 1.165) is 12.1 Å². The molecule has 0 saturated heterocycles. The monoisotopic (exact) mass is 417 g/mol. The summed E-state index contributed by atoms with van der Waals surface area (Å²) in [6.45, 7) is 1.23. The third-order valence-electron chi connectivity index (χ3n) is 3.46. The van der Waals surface area contributed by atoms with Gasteiger partial charge in [0, 0.05) is 5.02 Å². The first-order valence-corrected chi connectivity index (χ1v) is 9.48. The van der Waals surface area contributed by atoms with Crippen LogP contribution in [0.1, 0.15) is 11.1 Å². The lowest BCUT2D eigenvalue weighted by Crippen LogP contribution is -2.24. The first-order chi connectivity index (χ1) is 12.6. The molecule has 4 nitrogen and oxygen atoms in total. The number of hydrogen-bond donors (Lipinski definition) is 1. The molecule has 27 heavy (non-hydrogen) atoms. The summed E-state index contributed by atoms with van der Waals surface area (Å²) in [5, 5.41) is 0.332. The van der Waals surface area contributed by atoms with Crippen molar-refractivity contribution in [3.05, 3.63) is 58.6 Å². The second kappa shape index (κ2) is 8.65. The summed E-state index contributed by atoms with van der Waals surface area (Å²) in [5.41, 5.74) is -0.398. The molecule has 144 valence electrons. The highest BCUT2D eigenvalue weighted by Crippen LogP contribution is 2.31. The van der Waals surface area contributed by atoms with Crippen molar-refractivity contribution < 1.29 is 26.3 Å². The fourth-order valence-electron chi connectivity index (χ4n) is 2.08. The third kappa shape index (κ3) is 5.89. The van der Waals surface area contributed by atoms with Gasteiger partial charge in [0.2, 0.25) is 10.0 Å². The van der Waals surface area contributed by atoms with Crippen LogP contribution in [0.2, 0.25) is 5.02 Å². The standard InChI is InChI=1S/C18H15ClF3NO3S/c1-13-16(19)8-5-9-17(13)27(24,25)23-10-2-3-11-26-15-7-4-6-14(12-15)18(20,21)22/h4-9,12,23H,10-11H2,1H3. The van der Waals surface area contributed by atoms with Crippen molar-refractivity contribution in [1.29, 1.82) is 0 Å². The Balaban J connectivity index is 1.90. The normalized spacial score (nSPS) is 11.6. The molecule has 0 aromatic heterocycles. The second-order valence-corrected chi connectivity index (χ2v) is 7.50. The van der Waals surface area contributed by atoms with Gasteiger partial charge in [-0.2, -0.15) is 17.9 Å². The van der Waals surface area contributed by atoms with Crippen LogP contribution in [0.5, 0.6) is 5.75 Å². The van der Waals surface area contributed by atoms with Gasteiger partial charge in [0.15, 0.2) is 0 Å². The van der Waals surface area contributed by atoms with Crippen LogP contribution in [0.15, 0.2) is 47.4 Å². The molecular weight excluding hydrogens is 403 g/mol. The average Bonchev–Trinajstić information content (AvgIpc) is 2.59. The van der Waals surface area contributed by atoms with Crippen LogP contribution >= 0.6 is 11.6 Å². The SMILES string of the molecule is Cc1c(Cl)cccc1S(=O)(=O)NCC#CCOc1cccc(C(F)(F)F)c1. The Morgan fingerprint density at radius 1 is 1.15 bits per heavy atom. The summed E-state index contributed by atoms with van der Waals surface area (Å²) in [6.07, 6.45) is -4.46. The van der Waals surface area contributed by atoms with E-state index in [1.807, 2.05) is 0 Å². The number of sulfonamides is 1. The Kier molecular flexibility index (Phi) is 6.76. The lowest BCUT2D eigenvalue weighted by atomic mass is 10.2. The highest BCUT2D eigenvalue weighted by Gasteiger charge is 2.30. The van der Waals surface area contributed by atoms with Gasteiger partial charge in [-0.1, -0.05) is 35.6 Å². The molecule has 0 spiro atoms. The van der Waals surface area contributed by atoms with Crippen LogP contribution in [0.4, 0.5) is 13.2 Å². The van der Waals surface area contributed by atoms with E-state index in [1.165, 1.54) is 24.3 Å². The molecule has 0 radical (unpaired) electrons. The lowest BCUT2D eigenvalue weighted by Gasteiger charge is -2.08. The molecule has 0 bridgehead atoms. The summed E-state index contributed by atoms with van der Waals surface area (Å²) >= 11 is 5.91. The van der Waals surface area contributed by atoms with Gasteiger partial charge in [-0.05, 0) is 42.8 Å². The smallest absolute Gasteiger partial charge is 0.416 e. The third-order valence-corrected chi connectivity index (χ3v) is 5.41. The maximum atomic E-state index is 12.6. The van der Waals surface area contributed by atoms with E-state index in [9.17, 15) is 21.6 Å². The van der Waals surface area contributed by atoms with Gasteiger partial charge in [-0.3, -0.25) is 0 Å². The maximum Gasteiger partial charge on any atom is 0.416 e. The second-order valence-electron chi connectivity index (χ2n) is 5.36. The molecule has 1 N–H and O–H groups in total. The molecule has 0 saturated carbocycles. The highest BCUT2D eigenvalue weighted by atomic mass is 35.5. The minimum atomic E-state index is -4.46. The first kappa shape index (κ1) is 21.1. The van der Waals surface area contributed by atoms with Gasteiger partial charge in [-0.25, -0.2) is 8.42 Å². The number of hydrogen-bond acceptors (Lipinski definition) is 3. The zero-order valence-corrected chi connectivity index (χ0v) is 15.7. The van der Waals surface area contributed by atoms with Crippen molar-refractivity contribution in [2.24, 2.45) is 0 Å². The minimum absolute atomic E-state index is 0.0225. The van der Waals surface area contributed by atoms with Crippen molar-refractivity contribution in [2.75, 3.05) is 13.2 Å². The fourth-order valence-corrected chi connectivity index (χ4v) is 3.50. The number of halogens is 4. The summed E-state index contributed by atoms with van der Waals surface area (Å²) < 4.78 is 69.7. The van der Waals surface area contributed by atoms with Gasteiger partial charge in [-0.15, -0.1) is 0 Å². The minimum Gasteiger partial charge on any atom is -0.481 e. The average molecular weight is 418 g/mol. The van der Waals surface area contributed by atoms with Gasteiger partial charge in [0.25, 0.3) is 0 Å². The molecule has 2 aromatic carbocycles. The number of nitrogens with one attached hydrogen (secondary N) is 1. The topological polar surface area (TPSA) is 55.4 Å². The van der Waals surface area contributed by atoms with E-state index in [1.54, 1.807) is 13.0 Å². The Morgan fingerprint density at radius 2 is 1.85 bits per heavy atom.